The first-order valence-electron chi connectivity index (χ1n) is 6.51. The Balaban J connectivity index is 3.78. The molecule has 0 aliphatic heterocycles. The van der Waals surface area contributed by atoms with Gasteiger partial charge in [-0.2, -0.15) is 0 Å². The lowest BCUT2D eigenvalue weighted by atomic mass is 10.1. The molecule has 21 heavy (non-hydrogen) atoms. The van der Waals surface area contributed by atoms with Crippen LogP contribution in [-0.4, -0.2) is 43.7 Å². The van der Waals surface area contributed by atoms with Crippen LogP contribution in [0.25, 0.3) is 0 Å². The highest BCUT2D eigenvalue weighted by atomic mass is 19.3. The summed E-state index contributed by atoms with van der Waals surface area (Å²) in [6.45, 7) is 2.48. The highest BCUT2D eigenvalue weighted by Gasteiger charge is 2.22. The quantitative estimate of drug-likeness (QED) is 0.608. The van der Waals surface area contributed by atoms with Gasteiger partial charge in [-0.3, -0.25) is 9.59 Å². The Bertz CT molecular complexity index is 364. The Hall–Kier alpha value is -1.73. The lowest BCUT2D eigenvalue weighted by Gasteiger charge is -2.10. The van der Waals surface area contributed by atoms with Crippen molar-refractivity contribution < 1.29 is 37.4 Å². The van der Waals surface area contributed by atoms with Gasteiger partial charge in [0.2, 0.25) is 11.7 Å². The standard InChI is InChI=1S/C13H20F2O6/c1-4-9(2)11(17)20-7-10(16)8-21-12(18)19-6-5-13(3,14)15/h9H,4-8H2,1-3H3. The highest BCUT2D eigenvalue weighted by Crippen LogP contribution is 2.16. The summed E-state index contributed by atoms with van der Waals surface area (Å²) in [6, 6.07) is 0. The van der Waals surface area contributed by atoms with Gasteiger partial charge < -0.3 is 14.2 Å². The van der Waals surface area contributed by atoms with Gasteiger partial charge in [0.25, 0.3) is 0 Å². The van der Waals surface area contributed by atoms with E-state index in [0.29, 0.717) is 13.3 Å². The molecule has 0 saturated heterocycles. The number of rotatable bonds is 9. The molecule has 0 amide bonds. The molecular weight excluding hydrogens is 290 g/mol. The molecule has 0 N–H and O–H groups in total. The summed E-state index contributed by atoms with van der Waals surface area (Å²) >= 11 is 0. The normalized spacial score (nSPS) is 12.4. The molecule has 0 aromatic heterocycles. The fourth-order valence-corrected chi connectivity index (χ4v) is 0.997. The molecule has 0 bridgehead atoms. The first kappa shape index (κ1) is 19.3. The molecule has 0 aromatic rings. The predicted molar refractivity (Wildman–Crippen MR) is 68.0 cm³/mol. The molecule has 0 aliphatic carbocycles. The Morgan fingerprint density at radius 1 is 1.10 bits per heavy atom. The van der Waals surface area contributed by atoms with Gasteiger partial charge in [0.1, 0.15) is 6.61 Å². The van der Waals surface area contributed by atoms with Gasteiger partial charge in [-0.1, -0.05) is 13.8 Å². The molecule has 0 aliphatic rings. The molecule has 0 spiro atoms. The molecular formula is C13H20F2O6. The zero-order valence-corrected chi connectivity index (χ0v) is 12.3. The fourth-order valence-electron chi connectivity index (χ4n) is 0.997. The minimum Gasteiger partial charge on any atom is -0.457 e. The molecule has 0 fully saturated rings. The van der Waals surface area contributed by atoms with Crippen LogP contribution >= 0.6 is 0 Å². The summed E-state index contributed by atoms with van der Waals surface area (Å²) in [5.41, 5.74) is 0. The van der Waals surface area contributed by atoms with Crippen molar-refractivity contribution >= 4 is 17.9 Å². The molecule has 6 nitrogen and oxygen atoms in total. The van der Waals surface area contributed by atoms with Crippen molar-refractivity contribution in [1.82, 2.24) is 0 Å². The maximum absolute atomic E-state index is 12.4. The molecule has 0 heterocycles. The minimum atomic E-state index is -2.94. The molecule has 0 rings (SSSR count). The number of hydrogen-bond donors (Lipinski definition) is 0. The number of ketones is 1. The van der Waals surface area contributed by atoms with Crippen LogP contribution in [0.3, 0.4) is 0 Å². The van der Waals surface area contributed by atoms with Crippen LogP contribution in [0.15, 0.2) is 0 Å². The minimum absolute atomic E-state index is 0.320. The van der Waals surface area contributed by atoms with Crippen LogP contribution in [0.2, 0.25) is 0 Å². The van der Waals surface area contributed by atoms with Crippen LogP contribution in [0.5, 0.6) is 0 Å². The topological polar surface area (TPSA) is 78.9 Å². The molecule has 0 saturated carbocycles. The SMILES string of the molecule is CCC(C)C(=O)OCC(=O)COC(=O)OCCC(C)(F)F. The van der Waals surface area contributed by atoms with Crippen molar-refractivity contribution in [3.8, 4) is 0 Å². The largest absolute Gasteiger partial charge is 0.508 e. The molecule has 8 heteroatoms. The molecule has 0 radical (unpaired) electrons. The van der Waals surface area contributed by atoms with Crippen molar-refractivity contribution in [1.29, 1.82) is 0 Å². The van der Waals surface area contributed by atoms with Crippen LogP contribution in [0, 0.1) is 5.92 Å². The molecule has 122 valence electrons. The Morgan fingerprint density at radius 2 is 1.67 bits per heavy atom. The third kappa shape index (κ3) is 10.7. The van der Waals surface area contributed by atoms with Crippen molar-refractivity contribution in [2.45, 2.75) is 39.5 Å². The average molecular weight is 310 g/mol. The van der Waals surface area contributed by atoms with Gasteiger partial charge in [0.15, 0.2) is 13.2 Å². The van der Waals surface area contributed by atoms with Gasteiger partial charge in [-0.15, -0.1) is 0 Å². The van der Waals surface area contributed by atoms with Gasteiger partial charge in [-0.05, 0) is 13.3 Å². The number of carbonyl (C=O) groups is 3. The summed E-state index contributed by atoms with van der Waals surface area (Å²) < 4.78 is 38.3. The highest BCUT2D eigenvalue weighted by molar-refractivity contribution is 5.84. The molecule has 0 aromatic carbocycles. The van der Waals surface area contributed by atoms with E-state index in [0.717, 1.165) is 0 Å². The molecule has 1 atom stereocenters. The first-order chi connectivity index (χ1) is 9.65. The number of alkyl halides is 2. The van der Waals surface area contributed by atoms with E-state index in [-0.39, 0.29) is 5.92 Å². The first-order valence-corrected chi connectivity index (χ1v) is 6.51. The van der Waals surface area contributed by atoms with Crippen molar-refractivity contribution in [2.24, 2.45) is 5.92 Å². The van der Waals surface area contributed by atoms with Gasteiger partial charge in [-0.25, -0.2) is 13.6 Å². The van der Waals surface area contributed by atoms with Gasteiger partial charge in [0, 0.05) is 6.42 Å². The van der Waals surface area contributed by atoms with E-state index in [1.54, 1.807) is 13.8 Å². The Kier molecular flexibility index (Phi) is 8.49. The van der Waals surface area contributed by atoms with Crippen LogP contribution in [0.4, 0.5) is 13.6 Å². The maximum atomic E-state index is 12.4. The number of Topliss-reactive ketones (excluding diaryl/α,β-unsaturated/α-hetero) is 1. The third-order valence-corrected chi connectivity index (χ3v) is 2.50. The van der Waals surface area contributed by atoms with E-state index >= 15 is 0 Å². The van der Waals surface area contributed by atoms with Gasteiger partial charge >= 0.3 is 12.1 Å². The number of esters is 1. The van der Waals surface area contributed by atoms with Crippen molar-refractivity contribution in [3.05, 3.63) is 0 Å². The summed E-state index contributed by atoms with van der Waals surface area (Å²) in [4.78, 5) is 33.5. The number of ether oxygens (including phenoxy) is 3. The summed E-state index contributed by atoms with van der Waals surface area (Å²) in [5, 5.41) is 0. The second-order valence-electron chi connectivity index (χ2n) is 4.66. The lowest BCUT2D eigenvalue weighted by Crippen LogP contribution is -2.23. The van der Waals surface area contributed by atoms with E-state index in [1.807, 2.05) is 0 Å². The van der Waals surface area contributed by atoms with Crippen LogP contribution in [0.1, 0.15) is 33.6 Å². The average Bonchev–Trinajstić information content (AvgIpc) is 2.40. The zero-order chi connectivity index (χ0) is 16.5. The monoisotopic (exact) mass is 310 g/mol. The van der Waals surface area contributed by atoms with Crippen molar-refractivity contribution in [2.75, 3.05) is 19.8 Å². The van der Waals surface area contributed by atoms with E-state index in [4.69, 9.17) is 4.74 Å². The molecule has 1 unspecified atom stereocenters. The predicted octanol–water partition coefficient (Wildman–Crippen LogP) is 2.34. The number of halogens is 2. The van der Waals surface area contributed by atoms with Crippen LogP contribution < -0.4 is 0 Å². The third-order valence-electron chi connectivity index (χ3n) is 2.50. The fraction of sp³-hybridized carbons (Fsp3) is 0.769. The van der Waals surface area contributed by atoms with Gasteiger partial charge in [0.05, 0.1) is 5.92 Å². The summed E-state index contributed by atoms with van der Waals surface area (Å²) in [6.07, 6.45) is -1.28. The summed E-state index contributed by atoms with van der Waals surface area (Å²) in [5.74, 6) is -4.41. The smallest absolute Gasteiger partial charge is 0.457 e. The zero-order valence-electron chi connectivity index (χ0n) is 12.3. The van der Waals surface area contributed by atoms with Crippen LogP contribution in [-0.2, 0) is 23.8 Å². The second kappa shape index (κ2) is 9.25. The van der Waals surface area contributed by atoms with E-state index in [1.165, 1.54) is 0 Å². The number of carbonyl (C=O) groups excluding carboxylic acids is 3. The lowest BCUT2D eigenvalue weighted by molar-refractivity contribution is -0.152. The Morgan fingerprint density at radius 3 is 2.19 bits per heavy atom. The maximum Gasteiger partial charge on any atom is 0.508 e. The second-order valence-corrected chi connectivity index (χ2v) is 4.66. The van der Waals surface area contributed by atoms with E-state index < -0.39 is 50.1 Å². The van der Waals surface area contributed by atoms with E-state index in [9.17, 15) is 23.2 Å². The Labute approximate surface area is 121 Å². The number of hydrogen-bond acceptors (Lipinski definition) is 6. The van der Waals surface area contributed by atoms with Crippen molar-refractivity contribution in [3.63, 3.8) is 0 Å². The van der Waals surface area contributed by atoms with E-state index in [2.05, 4.69) is 9.47 Å². The summed E-state index contributed by atoms with van der Waals surface area (Å²) in [7, 11) is 0.